The molecule has 7 heteroatoms. The minimum atomic E-state index is -0.314. The average Bonchev–Trinajstić information content (AvgIpc) is 3.08. The van der Waals surface area contributed by atoms with Gasteiger partial charge in [0, 0.05) is 9.86 Å². The summed E-state index contributed by atoms with van der Waals surface area (Å²) in [6.45, 7) is 1.68. The molecule has 0 saturated carbocycles. The summed E-state index contributed by atoms with van der Waals surface area (Å²) in [6, 6.07) is 14.6. The molecule has 3 aromatic rings. The molecule has 1 aliphatic rings. The number of hydrogen-bond donors (Lipinski definition) is 1. The molecule has 138 valence electrons. The van der Waals surface area contributed by atoms with Crippen LogP contribution >= 0.6 is 15.9 Å². The van der Waals surface area contributed by atoms with E-state index in [-0.39, 0.29) is 31.0 Å². The first kappa shape index (κ1) is 17.6. The van der Waals surface area contributed by atoms with E-state index in [0.29, 0.717) is 17.2 Å². The number of halogens is 1. The second kappa shape index (κ2) is 7.08. The maximum absolute atomic E-state index is 12.5. The van der Waals surface area contributed by atoms with Gasteiger partial charge in [-0.2, -0.15) is 0 Å². The zero-order valence-electron chi connectivity index (χ0n) is 14.6. The highest BCUT2D eigenvalue weighted by Gasteiger charge is 2.28. The molecule has 1 aliphatic heterocycles. The van der Waals surface area contributed by atoms with Crippen LogP contribution in [0.5, 0.6) is 5.75 Å². The second-order valence-electron chi connectivity index (χ2n) is 6.36. The molecule has 6 nitrogen and oxygen atoms in total. The standard InChI is InChI=1S/C20H17BrN2O4/c1-12(17-8-13-4-2-3-5-16(13)27-17)22-19(24)10-23-15-7-6-14(21)9-18(15)26-11-20(23)25/h2-9,12H,10-11H2,1H3,(H,22,24)/t12-/m1/s1. The lowest BCUT2D eigenvalue weighted by molar-refractivity contribution is -0.125. The molecule has 1 aromatic heterocycles. The molecule has 0 unspecified atom stereocenters. The molecule has 1 N–H and O–H groups in total. The Morgan fingerprint density at radius 1 is 1.26 bits per heavy atom. The van der Waals surface area contributed by atoms with Crippen molar-refractivity contribution >= 4 is 44.4 Å². The van der Waals surface area contributed by atoms with E-state index in [1.807, 2.05) is 43.3 Å². The first-order chi connectivity index (χ1) is 13.0. The molecule has 4 rings (SSSR count). The lowest BCUT2D eigenvalue weighted by Gasteiger charge is -2.29. The molecule has 1 atom stereocenters. The number of rotatable bonds is 4. The molecule has 0 spiro atoms. The van der Waals surface area contributed by atoms with Crippen molar-refractivity contribution in [3.63, 3.8) is 0 Å². The number of ether oxygens (including phenoxy) is 1. The molecule has 0 bridgehead atoms. The normalized spacial score (nSPS) is 14.6. The quantitative estimate of drug-likeness (QED) is 0.685. The molecule has 0 saturated heterocycles. The van der Waals surface area contributed by atoms with Crippen LogP contribution in [-0.4, -0.2) is 25.0 Å². The Morgan fingerprint density at radius 2 is 2.07 bits per heavy atom. The van der Waals surface area contributed by atoms with Crippen LogP contribution in [0.15, 0.2) is 57.4 Å². The summed E-state index contributed by atoms with van der Waals surface area (Å²) < 4.78 is 12.1. The van der Waals surface area contributed by atoms with Gasteiger partial charge in [0.1, 0.15) is 23.6 Å². The third-order valence-corrected chi connectivity index (χ3v) is 4.91. The largest absolute Gasteiger partial charge is 0.482 e. The van der Waals surface area contributed by atoms with E-state index in [4.69, 9.17) is 9.15 Å². The first-order valence-corrected chi connectivity index (χ1v) is 9.31. The molecule has 0 aliphatic carbocycles. The van der Waals surface area contributed by atoms with Crippen LogP contribution in [0.2, 0.25) is 0 Å². The summed E-state index contributed by atoms with van der Waals surface area (Å²) in [6.07, 6.45) is 0. The summed E-state index contributed by atoms with van der Waals surface area (Å²) in [4.78, 5) is 26.2. The third kappa shape index (κ3) is 3.55. The Bertz CT molecular complexity index is 997. The van der Waals surface area contributed by atoms with Crippen molar-refractivity contribution in [2.24, 2.45) is 0 Å². The number of hydrogen-bond acceptors (Lipinski definition) is 4. The van der Waals surface area contributed by atoms with Crippen LogP contribution in [0, 0.1) is 0 Å². The van der Waals surface area contributed by atoms with E-state index in [1.165, 1.54) is 4.90 Å². The topological polar surface area (TPSA) is 71.8 Å². The third-order valence-electron chi connectivity index (χ3n) is 4.42. The van der Waals surface area contributed by atoms with Gasteiger partial charge in [-0.25, -0.2) is 0 Å². The number of nitrogens with zero attached hydrogens (tertiary/aromatic N) is 1. The number of furan rings is 1. The summed E-state index contributed by atoms with van der Waals surface area (Å²) >= 11 is 3.38. The fraction of sp³-hybridized carbons (Fsp3) is 0.200. The van der Waals surface area contributed by atoms with Gasteiger partial charge in [-0.3, -0.25) is 14.5 Å². The smallest absolute Gasteiger partial charge is 0.265 e. The van der Waals surface area contributed by atoms with Gasteiger partial charge in [-0.05, 0) is 37.3 Å². The van der Waals surface area contributed by atoms with Crippen LogP contribution in [0.25, 0.3) is 11.0 Å². The number of nitrogens with one attached hydrogen (secondary N) is 1. The minimum absolute atomic E-state index is 0.0820. The number of carbonyl (C=O) groups excluding carboxylic acids is 2. The van der Waals surface area contributed by atoms with Gasteiger partial charge in [0.05, 0.1) is 11.7 Å². The van der Waals surface area contributed by atoms with E-state index in [0.717, 1.165) is 15.4 Å². The van der Waals surface area contributed by atoms with Gasteiger partial charge in [0.25, 0.3) is 5.91 Å². The number of amides is 2. The van der Waals surface area contributed by atoms with Crippen molar-refractivity contribution in [2.75, 3.05) is 18.1 Å². The lowest BCUT2D eigenvalue weighted by atomic mass is 10.2. The maximum atomic E-state index is 12.5. The van der Waals surface area contributed by atoms with Crippen LogP contribution in [0.4, 0.5) is 5.69 Å². The van der Waals surface area contributed by atoms with Gasteiger partial charge < -0.3 is 14.5 Å². The van der Waals surface area contributed by atoms with Gasteiger partial charge in [-0.15, -0.1) is 0 Å². The van der Waals surface area contributed by atoms with Gasteiger partial charge in [-0.1, -0.05) is 34.1 Å². The van der Waals surface area contributed by atoms with E-state index < -0.39 is 0 Å². The monoisotopic (exact) mass is 428 g/mol. The summed E-state index contributed by atoms with van der Waals surface area (Å²) in [5, 5.41) is 3.87. The summed E-state index contributed by atoms with van der Waals surface area (Å²) in [5.41, 5.74) is 1.36. The molecule has 27 heavy (non-hydrogen) atoms. The Kier molecular flexibility index (Phi) is 4.61. The minimum Gasteiger partial charge on any atom is -0.482 e. The highest BCUT2D eigenvalue weighted by atomic mass is 79.9. The maximum Gasteiger partial charge on any atom is 0.265 e. The zero-order valence-corrected chi connectivity index (χ0v) is 16.2. The number of carbonyl (C=O) groups is 2. The molecular formula is C20H17BrN2O4. The highest BCUT2D eigenvalue weighted by Crippen LogP contribution is 2.34. The predicted molar refractivity (Wildman–Crippen MR) is 105 cm³/mol. The average molecular weight is 429 g/mol. The Labute approximate surface area is 164 Å². The predicted octanol–water partition coefficient (Wildman–Crippen LogP) is 3.80. The number of anilines is 1. The van der Waals surface area contributed by atoms with E-state index in [9.17, 15) is 9.59 Å². The van der Waals surface area contributed by atoms with Crippen LogP contribution in [-0.2, 0) is 9.59 Å². The highest BCUT2D eigenvalue weighted by molar-refractivity contribution is 9.10. The van der Waals surface area contributed by atoms with Crippen LogP contribution in [0.1, 0.15) is 18.7 Å². The molecule has 2 amide bonds. The van der Waals surface area contributed by atoms with Crippen molar-refractivity contribution in [3.05, 3.63) is 58.8 Å². The number of fused-ring (bicyclic) bond motifs is 2. The van der Waals surface area contributed by atoms with Crippen molar-refractivity contribution in [2.45, 2.75) is 13.0 Å². The van der Waals surface area contributed by atoms with E-state index in [1.54, 1.807) is 12.1 Å². The molecule has 2 heterocycles. The van der Waals surface area contributed by atoms with E-state index in [2.05, 4.69) is 21.2 Å². The first-order valence-electron chi connectivity index (χ1n) is 8.52. The van der Waals surface area contributed by atoms with Crippen LogP contribution < -0.4 is 15.0 Å². The van der Waals surface area contributed by atoms with Gasteiger partial charge in [0.2, 0.25) is 5.91 Å². The fourth-order valence-electron chi connectivity index (χ4n) is 3.07. The lowest BCUT2D eigenvalue weighted by Crippen LogP contribution is -2.45. The Hall–Kier alpha value is -2.80. The fourth-order valence-corrected chi connectivity index (χ4v) is 3.41. The summed E-state index contributed by atoms with van der Waals surface area (Å²) in [5.74, 6) is 0.715. The van der Waals surface area contributed by atoms with Crippen molar-refractivity contribution < 1.29 is 18.7 Å². The molecule has 0 fully saturated rings. The van der Waals surface area contributed by atoms with Gasteiger partial charge >= 0.3 is 0 Å². The second-order valence-corrected chi connectivity index (χ2v) is 7.27. The number of para-hydroxylation sites is 1. The Morgan fingerprint density at radius 3 is 2.89 bits per heavy atom. The van der Waals surface area contributed by atoms with Gasteiger partial charge in [0.15, 0.2) is 6.61 Å². The zero-order chi connectivity index (χ0) is 19.0. The molecule has 0 radical (unpaired) electrons. The molecule has 2 aromatic carbocycles. The number of benzene rings is 2. The van der Waals surface area contributed by atoms with Crippen LogP contribution in [0.3, 0.4) is 0 Å². The van der Waals surface area contributed by atoms with Crippen molar-refractivity contribution in [3.8, 4) is 5.75 Å². The SMILES string of the molecule is C[C@@H](NC(=O)CN1C(=O)COc2cc(Br)ccc21)c1cc2ccccc2o1. The molecular weight excluding hydrogens is 412 g/mol. The Balaban J connectivity index is 1.48. The van der Waals surface area contributed by atoms with Crippen molar-refractivity contribution in [1.29, 1.82) is 0 Å². The summed E-state index contributed by atoms with van der Waals surface area (Å²) in [7, 11) is 0. The van der Waals surface area contributed by atoms with E-state index >= 15 is 0 Å². The van der Waals surface area contributed by atoms with Crippen molar-refractivity contribution in [1.82, 2.24) is 5.32 Å².